The van der Waals surface area contributed by atoms with Crippen LogP contribution in [0.25, 0.3) is 16.8 Å². The second-order valence-corrected chi connectivity index (χ2v) is 9.88. The van der Waals surface area contributed by atoms with Crippen molar-refractivity contribution in [2.24, 2.45) is 0 Å². The summed E-state index contributed by atoms with van der Waals surface area (Å²) in [6, 6.07) is 17.9. The van der Waals surface area contributed by atoms with E-state index in [1.807, 2.05) is 70.1 Å². The maximum absolute atomic E-state index is 12.4. The summed E-state index contributed by atoms with van der Waals surface area (Å²) in [7, 11) is 0. The number of fused-ring (bicyclic) bond motifs is 2. The van der Waals surface area contributed by atoms with Crippen LogP contribution in [0.5, 0.6) is 0 Å². The van der Waals surface area contributed by atoms with Crippen LogP contribution in [-0.2, 0) is 10.4 Å². The summed E-state index contributed by atoms with van der Waals surface area (Å²) in [5.74, 6) is 1.74. The van der Waals surface area contributed by atoms with Crippen LogP contribution in [-0.4, -0.2) is 42.9 Å². The molecular weight excluding hydrogens is 438 g/mol. The molecule has 2 aliphatic rings. The average molecular weight is 468 g/mol. The van der Waals surface area contributed by atoms with Gasteiger partial charge in [-0.25, -0.2) is 9.97 Å². The summed E-state index contributed by atoms with van der Waals surface area (Å²) < 4.78 is 2.04. The molecule has 2 saturated heterocycles. The molecule has 0 bridgehead atoms. The van der Waals surface area contributed by atoms with Crippen LogP contribution in [0, 0.1) is 0 Å². The zero-order chi connectivity index (χ0) is 24.2. The number of aromatic nitrogens is 3. The lowest BCUT2D eigenvalue weighted by Gasteiger charge is -2.34. The van der Waals surface area contributed by atoms with Crippen molar-refractivity contribution in [2.75, 3.05) is 12.3 Å². The topological polar surface area (TPSA) is 96.8 Å². The molecule has 3 atom stereocenters. The van der Waals surface area contributed by atoms with E-state index in [4.69, 9.17) is 10.7 Å². The first-order chi connectivity index (χ1) is 16.9. The highest BCUT2D eigenvalue weighted by atomic mass is 16.3. The Bertz CT molecular complexity index is 1390. The molecule has 4 aromatic rings. The maximum Gasteiger partial charge on any atom is 0.222 e. The average Bonchev–Trinajstić information content (AvgIpc) is 3.46. The van der Waals surface area contributed by atoms with Crippen molar-refractivity contribution < 1.29 is 9.90 Å². The van der Waals surface area contributed by atoms with Gasteiger partial charge in [0.05, 0.1) is 0 Å². The molecule has 1 amide bonds. The summed E-state index contributed by atoms with van der Waals surface area (Å²) in [5, 5.41) is 11.2. The number of nitrogens with zero attached hydrogens (tertiary/aromatic N) is 4. The molecule has 0 saturated carbocycles. The molecule has 0 unspecified atom stereocenters. The van der Waals surface area contributed by atoms with E-state index in [0.717, 1.165) is 53.0 Å². The number of hydrogen-bond acceptors (Lipinski definition) is 5. The van der Waals surface area contributed by atoms with Gasteiger partial charge in [0.25, 0.3) is 0 Å². The highest BCUT2D eigenvalue weighted by Gasteiger charge is 2.38. The van der Waals surface area contributed by atoms with Crippen LogP contribution in [0.15, 0.2) is 67.0 Å². The number of hydrogen-bond donors (Lipinski definition) is 2. The number of carbonyl (C=O) groups excluding carboxylic acids is 1. The van der Waals surface area contributed by atoms with Crippen molar-refractivity contribution in [3.63, 3.8) is 0 Å². The van der Waals surface area contributed by atoms with Crippen LogP contribution in [0.2, 0.25) is 0 Å². The van der Waals surface area contributed by atoms with Crippen LogP contribution in [0.3, 0.4) is 0 Å². The molecule has 2 aliphatic heterocycles. The Balaban J connectivity index is 1.39. The third kappa shape index (κ3) is 3.58. The summed E-state index contributed by atoms with van der Waals surface area (Å²) in [6.07, 6.45) is 7.22. The van der Waals surface area contributed by atoms with Gasteiger partial charge < -0.3 is 15.7 Å². The van der Waals surface area contributed by atoms with E-state index in [-0.39, 0.29) is 11.8 Å². The van der Waals surface area contributed by atoms with Gasteiger partial charge >= 0.3 is 0 Å². The van der Waals surface area contributed by atoms with Crippen molar-refractivity contribution in [3.8, 4) is 11.3 Å². The van der Waals surface area contributed by atoms with Crippen molar-refractivity contribution >= 4 is 17.2 Å². The molecule has 0 radical (unpaired) electrons. The van der Waals surface area contributed by atoms with Gasteiger partial charge in [-0.05, 0) is 37.3 Å². The number of rotatable bonds is 4. The molecule has 3 N–H and O–H groups in total. The number of imidazole rings is 1. The molecule has 178 valence electrons. The SMILES string of the molecule is C[C@](O)(c1ccccc1)c1ccc(-c2nc([C@@H]3CC[C@H]4CCC(=O)N4C3)n3ccnc(N)c23)cc1. The Kier molecular flexibility index (Phi) is 5.11. The van der Waals surface area contributed by atoms with Gasteiger partial charge in [0.2, 0.25) is 5.91 Å². The van der Waals surface area contributed by atoms with E-state index in [1.165, 1.54) is 0 Å². The third-order valence-electron chi connectivity index (χ3n) is 7.75. The van der Waals surface area contributed by atoms with Gasteiger partial charge in [-0.1, -0.05) is 54.6 Å². The van der Waals surface area contributed by atoms with Gasteiger partial charge in [0.1, 0.15) is 28.5 Å². The predicted molar refractivity (Wildman–Crippen MR) is 135 cm³/mol. The molecule has 7 heteroatoms. The molecule has 4 heterocycles. The lowest BCUT2D eigenvalue weighted by molar-refractivity contribution is -0.130. The number of nitrogens with two attached hydrogens (primary N) is 1. The molecule has 0 spiro atoms. The largest absolute Gasteiger partial charge is 0.382 e. The number of piperidine rings is 1. The van der Waals surface area contributed by atoms with E-state index in [2.05, 4.69) is 4.98 Å². The fourth-order valence-corrected chi connectivity index (χ4v) is 5.74. The van der Waals surface area contributed by atoms with Crippen LogP contribution >= 0.6 is 0 Å². The second kappa shape index (κ2) is 8.20. The lowest BCUT2D eigenvalue weighted by atomic mass is 9.87. The Hall–Kier alpha value is -3.71. The molecule has 2 aromatic heterocycles. The summed E-state index contributed by atoms with van der Waals surface area (Å²) in [4.78, 5) is 23.8. The number of benzene rings is 2. The van der Waals surface area contributed by atoms with Crippen molar-refractivity contribution in [3.05, 3.63) is 83.9 Å². The number of nitrogen functional groups attached to an aromatic ring is 1. The van der Waals surface area contributed by atoms with Crippen molar-refractivity contribution in [1.29, 1.82) is 0 Å². The van der Waals surface area contributed by atoms with Gasteiger partial charge in [0.15, 0.2) is 0 Å². The first kappa shape index (κ1) is 21.8. The van der Waals surface area contributed by atoms with Gasteiger partial charge in [-0.2, -0.15) is 0 Å². The summed E-state index contributed by atoms with van der Waals surface area (Å²) >= 11 is 0. The molecule has 6 rings (SSSR count). The van der Waals surface area contributed by atoms with Crippen LogP contribution < -0.4 is 5.73 Å². The minimum absolute atomic E-state index is 0.148. The van der Waals surface area contributed by atoms with E-state index >= 15 is 0 Å². The number of carbonyl (C=O) groups is 1. The quantitative estimate of drug-likeness (QED) is 0.471. The second-order valence-electron chi connectivity index (χ2n) is 9.88. The highest BCUT2D eigenvalue weighted by molar-refractivity contribution is 5.85. The molecule has 7 nitrogen and oxygen atoms in total. The maximum atomic E-state index is 12.4. The van der Waals surface area contributed by atoms with Gasteiger partial charge in [-0.3, -0.25) is 9.20 Å². The number of anilines is 1. The normalized spacial score (nSPS) is 21.8. The minimum Gasteiger partial charge on any atom is -0.382 e. The third-order valence-corrected chi connectivity index (χ3v) is 7.75. The van der Waals surface area contributed by atoms with Gasteiger partial charge in [-0.15, -0.1) is 0 Å². The summed E-state index contributed by atoms with van der Waals surface area (Å²) in [5.41, 5.74) is 9.33. The number of aliphatic hydroxyl groups is 1. The minimum atomic E-state index is -1.11. The Labute approximate surface area is 204 Å². The molecule has 0 aliphatic carbocycles. The number of amides is 1. The fraction of sp³-hybridized carbons (Fsp3) is 0.321. The van der Waals surface area contributed by atoms with Crippen molar-refractivity contribution in [1.82, 2.24) is 19.3 Å². The zero-order valence-corrected chi connectivity index (χ0v) is 19.8. The Morgan fingerprint density at radius 1 is 1.03 bits per heavy atom. The first-order valence-corrected chi connectivity index (χ1v) is 12.2. The monoisotopic (exact) mass is 467 g/mol. The van der Waals surface area contributed by atoms with E-state index in [1.54, 1.807) is 13.1 Å². The van der Waals surface area contributed by atoms with E-state index in [0.29, 0.717) is 24.8 Å². The lowest BCUT2D eigenvalue weighted by Crippen LogP contribution is -2.41. The molecule has 35 heavy (non-hydrogen) atoms. The van der Waals surface area contributed by atoms with E-state index in [9.17, 15) is 9.90 Å². The Morgan fingerprint density at radius 2 is 1.77 bits per heavy atom. The van der Waals surface area contributed by atoms with Crippen LogP contribution in [0.1, 0.15) is 55.5 Å². The molecule has 2 aromatic carbocycles. The van der Waals surface area contributed by atoms with Gasteiger partial charge in [0, 0.05) is 42.9 Å². The zero-order valence-electron chi connectivity index (χ0n) is 19.8. The van der Waals surface area contributed by atoms with E-state index < -0.39 is 5.60 Å². The predicted octanol–water partition coefficient (Wildman–Crippen LogP) is 4.10. The fourth-order valence-electron chi connectivity index (χ4n) is 5.74. The Morgan fingerprint density at radius 3 is 2.54 bits per heavy atom. The first-order valence-electron chi connectivity index (χ1n) is 12.2. The smallest absolute Gasteiger partial charge is 0.222 e. The van der Waals surface area contributed by atoms with Crippen LogP contribution in [0.4, 0.5) is 5.82 Å². The highest BCUT2D eigenvalue weighted by Crippen LogP contribution is 2.38. The molecular formula is C28H29N5O2. The standard InChI is InChI=1S/C28H29N5O2/c1-28(35,20-5-3-2-4-6-20)21-10-7-18(8-11-21)24-25-26(29)30-15-16-32(25)27(31-24)19-9-12-22-13-14-23(34)33(22)17-19/h2-8,10-11,15-16,19,22,35H,9,12-14,17H2,1H3,(H2,29,30)/t19-,22+,28+/m1/s1. The molecule has 2 fully saturated rings. The summed E-state index contributed by atoms with van der Waals surface area (Å²) in [6.45, 7) is 2.50. The van der Waals surface area contributed by atoms with Crippen molar-refractivity contribution in [2.45, 2.75) is 50.2 Å².